The standard InChI is InChI=1S/C17H20N2O2/c1-19(13-15-6-4-3-5-7-15)17(20)18-12-14-8-10-16(21-2)11-9-14/h3-11H,12-13H2,1-2H3,(H,18,20). The van der Waals surface area contributed by atoms with Crippen molar-refractivity contribution in [3.8, 4) is 5.75 Å². The van der Waals surface area contributed by atoms with Crippen LogP contribution >= 0.6 is 0 Å². The average molecular weight is 284 g/mol. The molecule has 0 heterocycles. The Kier molecular flexibility index (Phi) is 5.21. The van der Waals surface area contributed by atoms with Crippen LogP contribution < -0.4 is 10.1 Å². The topological polar surface area (TPSA) is 41.6 Å². The molecule has 0 radical (unpaired) electrons. The molecule has 0 atom stereocenters. The number of nitrogens with one attached hydrogen (secondary N) is 1. The van der Waals surface area contributed by atoms with Crippen molar-refractivity contribution in [3.05, 3.63) is 65.7 Å². The van der Waals surface area contributed by atoms with Crippen LogP contribution in [0.3, 0.4) is 0 Å². The molecular formula is C17H20N2O2. The van der Waals surface area contributed by atoms with Gasteiger partial charge in [-0.2, -0.15) is 0 Å². The number of hydrogen-bond acceptors (Lipinski definition) is 2. The summed E-state index contributed by atoms with van der Waals surface area (Å²) in [5, 5.41) is 2.90. The van der Waals surface area contributed by atoms with E-state index in [1.54, 1.807) is 19.1 Å². The average Bonchev–Trinajstić information content (AvgIpc) is 2.54. The second-order valence-electron chi connectivity index (χ2n) is 4.85. The van der Waals surface area contributed by atoms with Crippen LogP contribution in [0.4, 0.5) is 4.79 Å². The fraction of sp³-hybridized carbons (Fsp3) is 0.235. The van der Waals surface area contributed by atoms with E-state index in [9.17, 15) is 4.79 Å². The molecule has 0 spiro atoms. The van der Waals surface area contributed by atoms with Gasteiger partial charge in [-0.05, 0) is 23.3 Å². The summed E-state index contributed by atoms with van der Waals surface area (Å²) in [5.74, 6) is 0.811. The lowest BCUT2D eigenvalue weighted by atomic mass is 10.2. The van der Waals surface area contributed by atoms with E-state index in [1.807, 2.05) is 54.6 Å². The van der Waals surface area contributed by atoms with E-state index in [2.05, 4.69) is 5.32 Å². The van der Waals surface area contributed by atoms with Crippen LogP contribution in [0.2, 0.25) is 0 Å². The third kappa shape index (κ3) is 4.53. The first kappa shape index (κ1) is 14.9. The molecule has 4 nitrogen and oxygen atoms in total. The number of nitrogens with zero attached hydrogens (tertiary/aromatic N) is 1. The van der Waals surface area contributed by atoms with Gasteiger partial charge in [-0.3, -0.25) is 0 Å². The molecule has 1 N–H and O–H groups in total. The first-order chi connectivity index (χ1) is 10.2. The number of carbonyl (C=O) groups is 1. The predicted octanol–water partition coefficient (Wildman–Crippen LogP) is 3.04. The Labute approximate surface area is 125 Å². The first-order valence-corrected chi connectivity index (χ1v) is 6.85. The van der Waals surface area contributed by atoms with Crippen LogP contribution in [-0.2, 0) is 13.1 Å². The highest BCUT2D eigenvalue weighted by molar-refractivity contribution is 5.73. The molecule has 110 valence electrons. The van der Waals surface area contributed by atoms with Gasteiger partial charge in [-0.15, -0.1) is 0 Å². The van der Waals surface area contributed by atoms with Gasteiger partial charge in [0.25, 0.3) is 0 Å². The molecule has 0 aliphatic carbocycles. The molecule has 0 fully saturated rings. The second-order valence-corrected chi connectivity index (χ2v) is 4.85. The minimum absolute atomic E-state index is 0.0883. The van der Waals surface area contributed by atoms with Crippen LogP contribution in [0.1, 0.15) is 11.1 Å². The number of ether oxygens (including phenoxy) is 1. The van der Waals surface area contributed by atoms with E-state index in [1.165, 1.54) is 0 Å². The van der Waals surface area contributed by atoms with E-state index in [4.69, 9.17) is 4.74 Å². The molecule has 2 aromatic carbocycles. The van der Waals surface area contributed by atoms with Gasteiger partial charge in [0.15, 0.2) is 0 Å². The molecule has 2 aromatic rings. The van der Waals surface area contributed by atoms with E-state index in [0.717, 1.165) is 16.9 Å². The summed E-state index contributed by atoms with van der Waals surface area (Å²) >= 11 is 0. The molecule has 0 aliphatic rings. The van der Waals surface area contributed by atoms with Crippen molar-refractivity contribution in [2.45, 2.75) is 13.1 Å². The zero-order valence-corrected chi connectivity index (χ0v) is 12.4. The monoisotopic (exact) mass is 284 g/mol. The normalized spacial score (nSPS) is 10.0. The quantitative estimate of drug-likeness (QED) is 0.917. The molecule has 2 rings (SSSR count). The number of carbonyl (C=O) groups excluding carboxylic acids is 1. The maximum Gasteiger partial charge on any atom is 0.317 e. The summed E-state index contributed by atoms with van der Waals surface area (Å²) in [7, 11) is 3.42. The van der Waals surface area contributed by atoms with Gasteiger partial charge < -0.3 is 15.0 Å². The van der Waals surface area contributed by atoms with Crippen molar-refractivity contribution in [3.63, 3.8) is 0 Å². The van der Waals surface area contributed by atoms with Crippen molar-refractivity contribution in [1.29, 1.82) is 0 Å². The number of rotatable bonds is 5. The highest BCUT2D eigenvalue weighted by Gasteiger charge is 2.08. The van der Waals surface area contributed by atoms with E-state index in [-0.39, 0.29) is 6.03 Å². The summed E-state index contributed by atoms with van der Waals surface area (Å²) in [6.07, 6.45) is 0. The van der Waals surface area contributed by atoms with Gasteiger partial charge in [0.05, 0.1) is 7.11 Å². The Bertz CT molecular complexity index is 567. The zero-order chi connectivity index (χ0) is 15.1. The lowest BCUT2D eigenvalue weighted by Crippen LogP contribution is -2.36. The van der Waals surface area contributed by atoms with Gasteiger partial charge in [-0.1, -0.05) is 42.5 Å². The molecule has 0 saturated carbocycles. The van der Waals surface area contributed by atoms with Crippen molar-refractivity contribution in [2.24, 2.45) is 0 Å². The van der Waals surface area contributed by atoms with Crippen molar-refractivity contribution in [1.82, 2.24) is 10.2 Å². The SMILES string of the molecule is COc1ccc(CNC(=O)N(C)Cc2ccccc2)cc1. The Morgan fingerprint density at radius 1 is 1.05 bits per heavy atom. The Balaban J connectivity index is 1.83. The number of methoxy groups -OCH3 is 1. The molecule has 0 unspecified atom stereocenters. The lowest BCUT2D eigenvalue weighted by molar-refractivity contribution is 0.206. The molecule has 0 aromatic heterocycles. The second kappa shape index (κ2) is 7.33. The molecule has 0 bridgehead atoms. The fourth-order valence-corrected chi connectivity index (χ4v) is 1.99. The van der Waals surface area contributed by atoms with E-state index in [0.29, 0.717) is 13.1 Å². The number of amides is 2. The molecule has 2 amide bonds. The van der Waals surface area contributed by atoms with Gasteiger partial charge >= 0.3 is 6.03 Å². The number of hydrogen-bond donors (Lipinski definition) is 1. The fourth-order valence-electron chi connectivity index (χ4n) is 1.99. The van der Waals surface area contributed by atoms with Crippen LogP contribution in [0, 0.1) is 0 Å². The first-order valence-electron chi connectivity index (χ1n) is 6.85. The number of benzene rings is 2. The van der Waals surface area contributed by atoms with E-state index < -0.39 is 0 Å². The van der Waals surface area contributed by atoms with Crippen LogP contribution in [0.5, 0.6) is 5.75 Å². The maximum absolute atomic E-state index is 12.0. The third-order valence-electron chi connectivity index (χ3n) is 3.21. The minimum atomic E-state index is -0.0883. The smallest absolute Gasteiger partial charge is 0.317 e. The predicted molar refractivity (Wildman–Crippen MR) is 83.1 cm³/mol. The molecule has 0 saturated heterocycles. The van der Waals surface area contributed by atoms with Gasteiger partial charge in [0.2, 0.25) is 0 Å². The molecular weight excluding hydrogens is 264 g/mol. The van der Waals surface area contributed by atoms with Crippen LogP contribution in [0.25, 0.3) is 0 Å². The highest BCUT2D eigenvalue weighted by atomic mass is 16.5. The summed E-state index contributed by atoms with van der Waals surface area (Å²) < 4.78 is 5.10. The van der Waals surface area contributed by atoms with Crippen molar-refractivity contribution in [2.75, 3.05) is 14.2 Å². The van der Waals surface area contributed by atoms with Crippen LogP contribution in [-0.4, -0.2) is 25.1 Å². The summed E-state index contributed by atoms with van der Waals surface area (Å²) in [6, 6.07) is 17.5. The van der Waals surface area contributed by atoms with Gasteiger partial charge in [0.1, 0.15) is 5.75 Å². The minimum Gasteiger partial charge on any atom is -0.497 e. The molecule has 0 aliphatic heterocycles. The lowest BCUT2D eigenvalue weighted by Gasteiger charge is -2.18. The van der Waals surface area contributed by atoms with E-state index >= 15 is 0 Å². The Hall–Kier alpha value is -2.49. The maximum atomic E-state index is 12.0. The molecule has 4 heteroatoms. The molecule has 21 heavy (non-hydrogen) atoms. The number of urea groups is 1. The van der Waals surface area contributed by atoms with Gasteiger partial charge in [0, 0.05) is 20.1 Å². The summed E-state index contributed by atoms with van der Waals surface area (Å²) in [6.45, 7) is 1.09. The zero-order valence-electron chi connectivity index (χ0n) is 12.4. The highest BCUT2D eigenvalue weighted by Crippen LogP contribution is 2.11. The Morgan fingerprint density at radius 3 is 2.33 bits per heavy atom. The van der Waals surface area contributed by atoms with Crippen molar-refractivity contribution < 1.29 is 9.53 Å². The third-order valence-corrected chi connectivity index (χ3v) is 3.21. The summed E-state index contributed by atoms with van der Waals surface area (Å²) in [5.41, 5.74) is 2.15. The summed E-state index contributed by atoms with van der Waals surface area (Å²) in [4.78, 5) is 13.7. The van der Waals surface area contributed by atoms with Gasteiger partial charge in [-0.25, -0.2) is 4.79 Å². The van der Waals surface area contributed by atoms with Crippen molar-refractivity contribution >= 4 is 6.03 Å². The Morgan fingerprint density at radius 2 is 1.71 bits per heavy atom. The van der Waals surface area contributed by atoms with Crippen LogP contribution in [0.15, 0.2) is 54.6 Å². The largest absolute Gasteiger partial charge is 0.497 e.